The first-order chi connectivity index (χ1) is 8.08. The van der Waals surface area contributed by atoms with Crippen LogP contribution in [-0.2, 0) is 13.6 Å². The summed E-state index contributed by atoms with van der Waals surface area (Å²) in [5.74, 6) is -0.147. The van der Waals surface area contributed by atoms with Gasteiger partial charge >= 0.3 is 0 Å². The zero-order chi connectivity index (χ0) is 12.4. The van der Waals surface area contributed by atoms with E-state index in [1.54, 1.807) is 0 Å². The molecule has 0 aliphatic rings. The summed E-state index contributed by atoms with van der Waals surface area (Å²) in [5, 5.41) is 8.78. The van der Waals surface area contributed by atoms with Gasteiger partial charge in [0.25, 0.3) is 5.91 Å². The third-order valence-corrected chi connectivity index (χ3v) is 2.62. The minimum atomic E-state index is -0.326. The Bertz CT molecular complexity index is 541. The van der Waals surface area contributed by atoms with Crippen LogP contribution in [-0.4, -0.2) is 25.7 Å². The van der Waals surface area contributed by atoms with Crippen LogP contribution in [0.4, 0.5) is 5.95 Å². The number of anilines is 1. The van der Waals surface area contributed by atoms with Gasteiger partial charge in [0.1, 0.15) is 0 Å². The zero-order valence-electron chi connectivity index (χ0n) is 9.69. The van der Waals surface area contributed by atoms with Crippen molar-refractivity contribution in [2.45, 2.75) is 13.5 Å². The van der Waals surface area contributed by atoms with E-state index in [0.717, 1.165) is 11.4 Å². The molecule has 2 rings (SSSR count). The minimum absolute atomic E-state index is 0.0601. The second-order valence-corrected chi connectivity index (χ2v) is 3.75. The van der Waals surface area contributed by atoms with Crippen LogP contribution in [0.3, 0.4) is 0 Å². The van der Waals surface area contributed by atoms with E-state index in [4.69, 9.17) is 5.73 Å². The van der Waals surface area contributed by atoms with E-state index in [1.807, 2.05) is 30.7 Å². The van der Waals surface area contributed by atoms with Crippen molar-refractivity contribution in [2.75, 3.05) is 5.73 Å². The maximum absolute atomic E-state index is 11.6. The molecule has 0 aromatic carbocycles. The molecule has 2 aromatic heterocycles. The summed E-state index contributed by atoms with van der Waals surface area (Å²) in [6, 6.07) is 3.96. The monoisotopic (exact) mass is 234 g/mol. The number of nitrogens with zero attached hydrogens (tertiary/aromatic N) is 3. The van der Waals surface area contributed by atoms with Crippen molar-refractivity contribution in [1.82, 2.24) is 25.1 Å². The third kappa shape index (κ3) is 2.27. The Morgan fingerprint density at radius 1 is 1.59 bits per heavy atom. The first kappa shape index (κ1) is 11.2. The van der Waals surface area contributed by atoms with Crippen LogP contribution in [0, 0.1) is 6.92 Å². The highest BCUT2D eigenvalue weighted by Gasteiger charge is 2.10. The largest absolute Gasteiger partial charge is 0.366 e. The summed E-state index contributed by atoms with van der Waals surface area (Å²) in [6.45, 7) is 2.44. The van der Waals surface area contributed by atoms with E-state index < -0.39 is 0 Å². The van der Waals surface area contributed by atoms with Crippen LogP contribution in [0.15, 0.2) is 12.1 Å². The Labute approximate surface area is 98.0 Å². The topological polar surface area (TPSA) is 102 Å². The highest BCUT2D eigenvalue weighted by molar-refractivity contribution is 5.90. The molecule has 4 N–H and O–H groups in total. The first-order valence-corrected chi connectivity index (χ1v) is 5.15. The molecule has 2 aromatic rings. The number of carbonyl (C=O) groups is 1. The van der Waals surface area contributed by atoms with Crippen molar-refractivity contribution in [3.8, 4) is 0 Å². The van der Waals surface area contributed by atoms with Gasteiger partial charge in [0.15, 0.2) is 0 Å². The molecule has 2 heterocycles. The Hall–Kier alpha value is -2.31. The van der Waals surface area contributed by atoms with Crippen LogP contribution >= 0.6 is 0 Å². The molecule has 7 nitrogen and oxygen atoms in total. The fourth-order valence-corrected chi connectivity index (χ4v) is 1.48. The van der Waals surface area contributed by atoms with Crippen LogP contribution in [0.2, 0.25) is 0 Å². The van der Waals surface area contributed by atoms with Crippen molar-refractivity contribution in [1.29, 1.82) is 0 Å². The summed E-state index contributed by atoms with van der Waals surface area (Å²) in [4.78, 5) is 15.4. The molecule has 90 valence electrons. The number of rotatable bonds is 3. The van der Waals surface area contributed by atoms with E-state index in [-0.39, 0.29) is 17.7 Å². The van der Waals surface area contributed by atoms with Gasteiger partial charge in [-0.25, -0.2) is 0 Å². The average Bonchev–Trinajstić information content (AvgIpc) is 2.86. The number of aryl methyl sites for hydroxylation is 1. The summed E-state index contributed by atoms with van der Waals surface area (Å²) < 4.78 is 2.01. The fourth-order valence-electron chi connectivity index (χ4n) is 1.48. The molecule has 0 radical (unpaired) electrons. The molecular formula is C10H14N6O. The number of hydrogen-bond donors (Lipinski definition) is 3. The molecule has 1 amide bonds. The highest BCUT2D eigenvalue weighted by atomic mass is 16.2. The second-order valence-electron chi connectivity index (χ2n) is 3.75. The van der Waals surface area contributed by atoms with Gasteiger partial charge in [-0.2, -0.15) is 4.98 Å². The summed E-state index contributed by atoms with van der Waals surface area (Å²) in [5.41, 5.74) is 7.47. The quantitative estimate of drug-likeness (QED) is 0.693. The fraction of sp³-hybridized carbons (Fsp3) is 0.300. The number of nitrogen functional groups attached to an aromatic ring is 1. The number of amides is 1. The lowest BCUT2D eigenvalue weighted by Gasteiger charge is -2.05. The van der Waals surface area contributed by atoms with Gasteiger partial charge in [0.2, 0.25) is 11.8 Å². The Morgan fingerprint density at radius 3 is 2.88 bits per heavy atom. The van der Waals surface area contributed by atoms with Gasteiger partial charge in [0, 0.05) is 18.4 Å². The van der Waals surface area contributed by atoms with Crippen LogP contribution in [0.25, 0.3) is 0 Å². The van der Waals surface area contributed by atoms with E-state index in [2.05, 4.69) is 20.5 Å². The molecule has 0 aliphatic heterocycles. The van der Waals surface area contributed by atoms with Gasteiger partial charge in [-0.1, -0.05) is 0 Å². The van der Waals surface area contributed by atoms with Crippen molar-refractivity contribution in [3.05, 3.63) is 29.3 Å². The van der Waals surface area contributed by atoms with Gasteiger partial charge < -0.3 is 15.6 Å². The van der Waals surface area contributed by atoms with E-state index in [9.17, 15) is 4.79 Å². The lowest BCUT2D eigenvalue weighted by molar-refractivity contribution is 0.0940. The Kier molecular flexibility index (Phi) is 2.82. The molecular weight excluding hydrogens is 220 g/mol. The van der Waals surface area contributed by atoms with Crippen molar-refractivity contribution in [3.63, 3.8) is 0 Å². The minimum Gasteiger partial charge on any atom is -0.366 e. The molecule has 17 heavy (non-hydrogen) atoms. The lowest BCUT2D eigenvalue weighted by Crippen LogP contribution is -2.25. The van der Waals surface area contributed by atoms with Gasteiger partial charge in [-0.15, -0.1) is 5.10 Å². The SMILES string of the molecule is Cc1ccc(CNC(=O)c2nc(N)n[nH]2)n1C. The number of hydrogen-bond acceptors (Lipinski definition) is 4. The average molecular weight is 234 g/mol. The number of nitrogens with two attached hydrogens (primary N) is 1. The first-order valence-electron chi connectivity index (χ1n) is 5.15. The third-order valence-electron chi connectivity index (χ3n) is 2.62. The molecule has 0 atom stereocenters. The number of carbonyl (C=O) groups excluding carboxylic acids is 1. The van der Waals surface area contributed by atoms with Crippen LogP contribution < -0.4 is 11.1 Å². The van der Waals surface area contributed by atoms with E-state index >= 15 is 0 Å². The second kappa shape index (κ2) is 4.28. The maximum atomic E-state index is 11.6. The number of aromatic amines is 1. The van der Waals surface area contributed by atoms with Crippen LogP contribution in [0.5, 0.6) is 0 Å². The molecule has 0 bridgehead atoms. The van der Waals surface area contributed by atoms with Gasteiger partial charge in [0.05, 0.1) is 6.54 Å². The predicted molar refractivity (Wildman–Crippen MR) is 62.1 cm³/mol. The molecule has 0 spiro atoms. The predicted octanol–water partition coefficient (Wildman–Crippen LogP) is -0.0362. The smallest absolute Gasteiger partial charge is 0.288 e. The Morgan fingerprint density at radius 2 is 2.35 bits per heavy atom. The van der Waals surface area contributed by atoms with Crippen molar-refractivity contribution < 1.29 is 4.79 Å². The van der Waals surface area contributed by atoms with E-state index in [0.29, 0.717) is 6.54 Å². The molecule has 0 unspecified atom stereocenters. The zero-order valence-corrected chi connectivity index (χ0v) is 9.69. The number of H-pyrrole nitrogens is 1. The van der Waals surface area contributed by atoms with E-state index in [1.165, 1.54) is 0 Å². The summed E-state index contributed by atoms with van der Waals surface area (Å²) in [7, 11) is 1.95. The van der Waals surface area contributed by atoms with Crippen LogP contribution in [0.1, 0.15) is 22.0 Å². The molecule has 0 aliphatic carbocycles. The standard InChI is InChI=1S/C10H14N6O/c1-6-3-4-7(16(6)2)5-12-9(17)8-13-10(11)15-14-8/h3-4H,5H2,1-2H3,(H,12,17)(H3,11,13,14,15). The van der Waals surface area contributed by atoms with Crippen molar-refractivity contribution in [2.24, 2.45) is 7.05 Å². The molecule has 7 heteroatoms. The summed E-state index contributed by atoms with van der Waals surface area (Å²) in [6.07, 6.45) is 0. The molecule has 0 saturated carbocycles. The van der Waals surface area contributed by atoms with Crippen molar-refractivity contribution >= 4 is 11.9 Å². The normalized spacial score (nSPS) is 10.5. The summed E-state index contributed by atoms with van der Waals surface area (Å²) >= 11 is 0. The number of aromatic nitrogens is 4. The highest BCUT2D eigenvalue weighted by Crippen LogP contribution is 2.05. The molecule has 0 saturated heterocycles. The maximum Gasteiger partial charge on any atom is 0.288 e. The lowest BCUT2D eigenvalue weighted by atomic mass is 10.4. The number of nitrogens with one attached hydrogen (secondary N) is 2. The van der Waals surface area contributed by atoms with Gasteiger partial charge in [-0.3, -0.25) is 9.89 Å². The Balaban J connectivity index is 1.99. The molecule has 0 fully saturated rings. The van der Waals surface area contributed by atoms with Gasteiger partial charge in [-0.05, 0) is 19.1 Å².